The van der Waals surface area contributed by atoms with Gasteiger partial charge in [0.2, 0.25) is 0 Å². The number of para-hydroxylation sites is 1. The number of furan rings is 1. The molecule has 1 unspecified atom stereocenters. The Kier molecular flexibility index (Phi) is 6.75. The highest BCUT2D eigenvalue weighted by Crippen LogP contribution is 2.66. The van der Waals surface area contributed by atoms with E-state index in [-0.39, 0.29) is 16.7 Å². The van der Waals surface area contributed by atoms with E-state index in [9.17, 15) is 0 Å². The molecule has 1 nitrogen and oxygen atoms in total. The molecule has 1 atom stereocenters. The summed E-state index contributed by atoms with van der Waals surface area (Å²) in [5.74, 6) is -0.0631. The fourth-order valence-electron chi connectivity index (χ4n) is 13.1. The Hall–Kier alpha value is -7.22. The van der Waals surface area contributed by atoms with Crippen LogP contribution in [-0.4, -0.2) is 0 Å². The molecule has 63 heavy (non-hydrogen) atoms. The Morgan fingerprint density at radius 1 is 0.365 bits per heavy atom. The lowest BCUT2D eigenvalue weighted by atomic mass is 9.66. The second-order valence-corrected chi connectivity index (χ2v) is 19.5. The van der Waals surface area contributed by atoms with E-state index in [1.807, 2.05) is 0 Å². The maximum absolute atomic E-state index is 6.92. The Morgan fingerprint density at radius 3 is 1.49 bits per heavy atom. The van der Waals surface area contributed by atoms with Crippen molar-refractivity contribution in [2.24, 2.45) is 0 Å². The van der Waals surface area contributed by atoms with Crippen molar-refractivity contribution in [2.75, 3.05) is 0 Å². The molecule has 0 fully saturated rings. The predicted octanol–water partition coefficient (Wildman–Crippen LogP) is 15.7. The van der Waals surface area contributed by atoms with E-state index in [1.165, 1.54) is 106 Å². The zero-order valence-corrected chi connectivity index (χ0v) is 35.9. The van der Waals surface area contributed by atoms with Gasteiger partial charge >= 0.3 is 0 Å². The highest BCUT2D eigenvalue weighted by molar-refractivity contribution is 6.13. The van der Waals surface area contributed by atoms with E-state index in [1.54, 1.807) is 0 Å². The predicted molar refractivity (Wildman–Crippen MR) is 259 cm³/mol. The SMILES string of the molecule is CC1(C)c2ccccc2-c2ccc(C(c3ccc4c(c3)C(C)(C)c3ccccc3-4)c3cccc4c3C3(c5ccccc5-4)c4ccccc4-c4c3ccc3c4oc4ccccc43)cc21. The summed E-state index contributed by atoms with van der Waals surface area (Å²) in [4.78, 5) is 0. The Balaban J connectivity index is 1.09. The van der Waals surface area contributed by atoms with Crippen molar-refractivity contribution < 1.29 is 4.42 Å². The highest BCUT2D eigenvalue weighted by atomic mass is 16.3. The lowest BCUT2D eigenvalue weighted by Gasteiger charge is -2.34. The van der Waals surface area contributed by atoms with E-state index >= 15 is 0 Å². The van der Waals surface area contributed by atoms with Gasteiger partial charge in [-0.25, -0.2) is 0 Å². The van der Waals surface area contributed by atoms with Crippen molar-refractivity contribution in [3.63, 3.8) is 0 Å². The molecule has 298 valence electrons. The van der Waals surface area contributed by atoms with Gasteiger partial charge in [-0.05, 0) is 106 Å². The van der Waals surface area contributed by atoms with Crippen LogP contribution in [0, 0.1) is 0 Å². The summed E-state index contributed by atoms with van der Waals surface area (Å²) in [5, 5.41) is 2.32. The first kappa shape index (κ1) is 35.4. The molecule has 4 aliphatic carbocycles. The van der Waals surface area contributed by atoms with Crippen LogP contribution in [0.5, 0.6) is 0 Å². The third kappa shape index (κ3) is 4.28. The minimum atomic E-state index is -0.571. The minimum absolute atomic E-state index is 0.0631. The standard InChI is InChI=1S/C62H44O/c1-60(2)48-23-10-5-16-38(48)41-30-28-36(34-53(41)60)56(37-29-31-42-39-17-6-11-24-49(39)61(3,4)54(42)35-37)47-22-15-21-44-40-18-7-12-25-50(40)62(58(44)47)51-26-13-8-20-46(51)57-52(62)33-32-45-43-19-9-14-27-55(43)63-59(45)57/h5-35,56H,1-4H3. The zero-order chi connectivity index (χ0) is 42.0. The number of hydrogen-bond acceptors (Lipinski definition) is 1. The van der Waals surface area contributed by atoms with Crippen molar-refractivity contribution in [2.45, 2.75) is 49.9 Å². The second kappa shape index (κ2) is 12.0. The van der Waals surface area contributed by atoms with Crippen LogP contribution in [0.2, 0.25) is 0 Å². The maximum Gasteiger partial charge on any atom is 0.143 e. The van der Waals surface area contributed by atoms with Gasteiger partial charge in [0.05, 0.1) is 5.41 Å². The molecule has 1 heterocycles. The Morgan fingerprint density at radius 2 is 0.857 bits per heavy atom. The van der Waals surface area contributed by atoms with E-state index in [2.05, 4.69) is 216 Å². The molecule has 0 N–H and O–H groups in total. The molecule has 0 bridgehead atoms. The van der Waals surface area contributed by atoms with E-state index < -0.39 is 5.41 Å². The van der Waals surface area contributed by atoms with Gasteiger partial charge in [0.15, 0.2) is 0 Å². The highest BCUT2D eigenvalue weighted by Gasteiger charge is 2.54. The first-order valence-corrected chi connectivity index (χ1v) is 22.5. The zero-order valence-electron chi connectivity index (χ0n) is 35.9. The molecule has 0 saturated heterocycles. The fourth-order valence-corrected chi connectivity index (χ4v) is 13.1. The van der Waals surface area contributed by atoms with Gasteiger partial charge in [0.1, 0.15) is 11.2 Å². The summed E-state index contributed by atoms with van der Waals surface area (Å²) in [6.45, 7) is 9.62. The van der Waals surface area contributed by atoms with Gasteiger partial charge in [-0.3, -0.25) is 0 Å². The lowest BCUT2D eigenvalue weighted by molar-refractivity contribution is 0.657. The molecule has 1 heteroatoms. The van der Waals surface area contributed by atoms with Gasteiger partial charge in [0.25, 0.3) is 0 Å². The maximum atomic E-state index is 6.92. The Bertz CT molecular complexity index is 3540. The van der Waals surface area contributed by atoms with Crippen LogP contribution in [0.3, 0.4) is 0 Å². The molecule has 0 radical (unpaired) electrons. The fraction of sp³-hybridized carbons (Fsp3) is 0.129. The van der Waals surface area contributed by atoms with Crippen molar-refractivity contribution >= 4 is 21.9 Å². The molecule has 4 aliphatic rings. The van der Waals surface area contributed by atoms with Crippen molar-refractivity contribution in [3.8, 4) is 44.5 Å². The summed E-state index contributed by atoms with van der Waals surface area (Å²) in [6, 6.07) is 71.7. The molecular formula is C62H44O. The second-order valence-electron chi connectivity index (χ2n) is 19.5. The third-order valence-electron chi connectivity index (χ3n) is 15.8. The summed E-state index contributed by atoms with van der Waals surface area (Å²) in [5.41, 5.74) is 26.4. The average molecular weight is 805 g/mol. The van der Waals surface area contributed by atoms with E-state index in [4.69, 9.17) is 4.42 Å². The van der Waals surface area contributed by atoms with Gasteiger partial charge in [-0.15, -0.1) is 0 Å². The monoisotopic (exact) mass is 804 g/mol. The van der Waals surface area contributed by atoms with Crippen LogP contribution >= 0.6 is 0 Å². The lowest BCUT2D eigenvalue weighted by Crippen LogP contribution is -2.28. The van der Waals surface area contributed by atoms with Gasteiger partial charge in [0, 0.05) is 33.1 Å². The van der Waals surface area contributed by atoms with Crippen LogP contribution in [-0.2, 0) is 16.2 Å². The number of benzene rings is 9. The van der Waals surface area contributed by atoms with Crippen LogP contribution in [0.25, 0.3) is 66.4 Å². The van der Waals surface area contributed by atoms with Crippen molar-refractivity contribution in [1.82, 2.24) is 0 Å². The Labute approximate surface area is 368 Å². The van der Waals surface area contributed by atoms with E-state index in [0.29, 0.717) is 0 Å². The van der Waals surface area contributed by atoms with Crippen LogP contribution in [0.15, 0.2) is 192 Å². The van der Waals surface area contributed by atoms with Gasteiger partial charge < -0.3 is 4.42 Å². The topological polar surface area (TPSA) is 13.1 Å². The van der Waals surface area contributed by atoms with E-state index in [0.717, 1.165) is 21.9 Å². The number of hydrogen-bond donors (Lipinski definition) is 0. The van der Waals surface area contributed by atoms with Gasteiger partial charge in [-0.1, -0.05) is 210 Å². The summed E-state index contributed by atoms with van der Waals surface area (Å²) in [7, 11) is 0. The molecule has 1 aromatic heterocycles. The molecule has 9 aromatic carbocycles. The minimum Gasteiger partial charge on any atom is -0.455 e. The quantitative estimate of drug-likeness (QED) is 0.162. The average Bonchev–Trinajstić information content (AvgIpc) is 4.06. The molecule has 14 rings (SSSR count). The smallest absolute Gasteiger partial charge is 0.143 e. The molecule has 1 spiro atoms. The first-order valence-electron chi connectivity index (χ1n) is 22.5. The largest absolute Gasteiger partial charge is 0.455 e. The number of rotatable bonds is 3. The molecule has 0 amide bonds. The summed E-state index contributed by atoms with van der Waals surface area (Å²) >= 11 is 0. The van der Waals surface area contributed by atoms with Crippen LogP contribution in [0.4, 0.5) is 0 Å². The van der Waals surface area contributed by atoms with Crippen molar-refractivity contribution in [1.29, 1.82) is 0 Å². The third-order valence-corrected chi connectivity index (χ3v) is 15.8. The van der Waals surface area contributed by atoms with Crippen LogP contribution < -0.4 is 0 Å². The molecule has 0 aliphatic heterocycles. The molecule has 10 aromatic rings. The molecular weight excluding hydrogens is 761 g/mol. The normalized spacial score (nSPS) is 17.3. The summed E-state index contributed by atoms with van der Waals surface area (Å²) < 4.78 is 6.92. The number of fused-ring (bicyclic) bond motifs is 20. The molecule has 0 saturated carbocycles. The van der Waals surface area contributed by atoms with Crippen LogP contribution in [0.1, 0.15) is 94.8 Å². The van der Waals surface area contributed by atoms with Crippen molar-refractivity contribution in [3.05, 3.63) is 249 Å². The summed E-state index contributed by atoms with van der Waals surface area (Å²) in [6.07, 6.45) is 0. The van der Waals surface area contributed by atoms with Gasteiger partial charge in [-0.2, -0.15) is 0 Å². The first-order chi connectivity index (χ1) is 30.8.